The van der Waals surface area contributed by atoms with Crippen LogP contribution < -0.4 is 14.8 Å². The highest BCUT2D eigenvalue weighted by Gasteiger charge is 2.22. The van der Waals surface area contributed by atoms with Crippen molar-refractivity contribution in [3.63, 3.8) is 0 Å². The van der Waals surface area contributed by atoms with Crippen LogP contribution in [0.3, 0.4) is 0 Å². The number of halogens is 2. The number of nitrogens with one attached hydrogen (secondary N) is 1. The molecule has 0 radical (unpaired) electrons. The molecule has 0 unspecified atom stereocenters. The number of rotatable bonds is 5. The molecule has 1 fully saturated rings. The number of amides is 1. The number of carbonyl (C=O) groups is 1. The fourth-order valence-electron chi connectivity index (χ4n) is 2.97. The van der Waals surface area contributed by atoms with Crippen molar-refractivity contribution < 1.29 is 19.4 Å². The lowest BCUT2D eigenvalue weighted by Gasteiger charge is -2.27. The highest BCUT2D eigenvalue weighted by atomic mass is 35.5. The Bertz CT molecular complexity index is 803. The van der Waals surface area contributed by atoms with E-state index >= 15 is 0 Å². The van der Waals surface area contributed by atoms with Gasteiger partial charge in [-0.15, -0.1) is 0 Å². The summed E-state index contributed by atoms with van der Waals surface area (Å²) in [5.41, 5.74) is 0.684. The maximum absolute atomic E-state index is 12.6. The van der Waals surface area contributed by atoms with Crippen molar-refractivity contribution in [3.8, 4) is 11.5 Å². The zero-order chi connectivity index (χ0) is 19.4. The molecule has 8 heteroatoms. The van der Waals surface area contributed by atoms with Crippen LogP contribution in [0.5, 0.6) is 11.5 Å². The van der Waals surface area contributed by atoms with Crippen molar-refractivity contribution in [3.05, 3.63) is 46.2 Å². The first kappa shape index (κ1) is 19.7. The highest BCUT2D eigenvalue weighted by Crippen LogP contribution is 2.33. The molecule has 0 aliphatic heterocycles. The Kier molecular flexibility index (Phi) is 6.42. The second kappa shape index (κ2) is 8.78. The lowest BCUT2D eigenvalue weighted by molar-refractivity contribution is 0.0652. The zero-order valence-corrected chi connectivity index (χ0v) is 16.3. The fourth-order valence-corrected chi connectivity index (χ4v) is 3.43. The van der Waals surface area contributed by atoms with E-state index in [2.05, 4.69) is 10.3 Å². The minimum absolute atomic E-state index is 0.0234. The molecular weight excluding hydrogens is 391 g/mol. The Morgan fingerprint density at radius 1 is 1.15 bits per heavy atom. The minimum atomic E-state index is -0.378. The topological polar surface area (TPSA) is 80.7 Å². The van der Waals surface area contributed by atoms with Crippen molar-refractivity contribution >= 4 is 34.8 Å². The molecule has 0 spiro atoms. The van der Waals surface area contributed by atoms with Crippen LogP contribution in [0, 0.1) is 0 Å². The number of ether oxygens (including phenoxy) is 2. The van der Waals surface area contributed by atoms with Crippen LogP contribution >= 0.6 is 23.2 Å². The molecule has 1 aliphatic carbocycles. The third kappa shape index (κ3) is 4.83. The predicted octanol–water partition coefficient (Wildman–Crippen LogP) is 4.33. The molecule has 6 nitrogen and oxygen atoms in total. The molecule has 1 aliphatic rings. The summed E-state index contributed by atoms with van der Waals surface area (Å²) < 4.78 is 11.4. The highest BCUT2D eigenvalue weighted by molar-refractivity contribution is 6.39. The number of carbonyl (C=O) groups excluding carboxylic acids is 1. The van der Waals surface area contributed by atoms with E-state index in [4.69, 9.17) is 32.7 Å². The second-order valence-corrected chi connectivity index (χ2v) is 7.16. The number of nitrogens with zero attached hydrogens (tertiary/aromatic N) is 1. The van der Waals surface area contributed by atoms with E-state index < -0.39 is 0 Å². The fraction of sp³-hybridized carbons (Fsp3) is 0.368. The average molecular weight is 411 g/mol. The van der Waals surface area contributed by atoms with Crippen molar-refractivity contribution in [1.29, 1.82) is 0 Å². The zero-order valence-electron chi connectivity index (χ0n) is 14.7. The summed E-state index contributed by atoms with van der Waals surface area (Å²) in [6.45, 7) is 0. The Morgan fingerprint density at radius 3 is 2.44 bits per heavy atom. The van der Waals surface area contributed by atoms with Crippen LogP contribution in [0.1, 0.15) is 36.0 Å². The lowest BCUT2D eigenvalue weighted by Crippen LogP contribution is -2.26. The van der Waals surface area contributed by atoms with Crippen molar-refractivity contribution in [2.45, 2.75) is 37.9 Å². The van der Waals surface area contributed by atoms with Gasteiger partial charge in [-0.3, -0.25) is 9.78 Å². The first-order valence-electron chi connectivity index (χ1n) is 8.61. The van der Waals surface area contributed by atoms with E-state index in [0.29, 0.717) is 35.6 Å². The number of methoxy groups -OCH3 is 1. The monoisotopic (exact) mass is 410 g/mol. The number of aliphatic hydroxyl groups excluding tert-OH is 1. The Labute approximate surface area is 167 Å². The Morgan fingerprint density at radius 2 is 1.81 bits per heavy atom. The second-order valence-electron chi connectivity index (χ2n) is 6.35. The standard InChI is InChI=1S/C19H20Cl2N2O4/c1-26-16-7-2-11(8-17(16)27-13-5-3-12(24)4-6-13)19(25)23-18-14(20)9-22-10-15(18)21/h2,7-10,12-13,24H,3-6H2,1H3,(H,22,23,25)/t12-,13+. The molecule has 27 heavy (non-hydrogen) atoms. The smallest absolute Gasteiger partial charge is 0.255 e. The molecule has 144 valence electrons. The van der Waals surface area contributed by atoms with Crippen LogP contribution in [-0.4, -0.2) is 35.3 Å². The normalized spacial score (nSPS) is 19.4. The third-order valence-corrected chi connectivity index (χ3v) is 5.03. The molecule has 3 rings (SSSR count). The van der Waals surface area contributed by atoms with Crippen LogP contribution in [0.2, 0.25) is 10.0 Å². The molecule has 1 aromatic heterocycles. The van der Waals surface area contributed by atoms with Crippen molar-refractivity contribution in [2.24, 2.45) is 0 Å². The van der Waals surface area contributed by atoms with Gasteiger partial charge >= 0.3 is 0 Å². The van der Waals surface area contributed by atoms with E-state index in [9.17, 15) is 9.90 Å². The van der Waals surface area contributed by atoms with E-state index in [1.165, 1.54) is 12.4 Å². The van der Waals surface area contributed by atoms with E-state index in [1.807, 2.05) is 0 Å². The average Bonchev–Trinajstić information content (AvgIpc) is 2.66. The maximum Gasteiger partial charge on any atom is 0.255 e. The van der Waals surface area contributed by atoms with E-state index in [0.717, 1.165) is 12.8 Å². The predicted molar refractivity (Wildman–Crippen MR) is 104 cm³/mol. The van der Waals surface area contributed by atoms with Crippen LogP contribution in [0.4, 0.5) is 5.69 Å². The van der Waals surface area contributed by atoms with Gasteiger partial charge in [-0.25, -0.2) is 0 Å². The molecule has 1 aromatic carbocycles. The molecule has 2 aromatic rings. The van der Waals surface area contributed by atoms with E-state index in [1.54, 1.807) is 25.3 Å². The number of hydrogen-bond donors (Lipinski definition) is 2. The number of aromatic nitrogens is 1. The Hall–Kier alpha value is -2.02. The first-order chi connectivity index (χ1) is 13.0. The number of aliphatic hydroxyl groups is 1. The molecule has 1 saturated carbocycles. The molecule has 0 bridgehead atoms. The minimum Gasteiger partial charge on any atom is -0.493 e. The summed E-state index contributed by atoms with van der Waals surface area (Å²) in [5.74, 6) is 0.646. The number of pyridine rings is 1. The van der Waals surface area contributed by atoms with Crippen molar-refractivity contribution in [2.75, 3.05) is 12.4 Å². The van der Waals surface area contributed by atoms with Gasteiger partial charge in [0.25, 0.3) is 5.91 Å². The maximum atomic E-state index is 12.6. The van der Waals surface area contributed by atoms with Gasteiger partial charge in [0.05, 0.1) is 35.1 Å². The number of hydrogen-bond acceptors (Lipinski definition) is 5. The summed E-state index contributed by atoms with van der Waals surface area (Å²) in [7, 11) is 1.54. The first-order valence-corrected chi connectivity index (χ1v) is 9.36. The lowest BCUT2D eigenvalue weighted by atomic mass is 9.95. The van der Waals surface area contributed by atoms with Gasteiger partial charge in [-0.2, -0.15) is 0 Å². The molecule has 0 saturated heterocycles. The summed E-state index contributed by atoms with van der Waals surface area (Å²) >= 11 is 12.1. The Balaban J connectivity index is 1.78. The molecule has 1 amide bonds. The molecule has 2 N–H and O–H groups in total. The van der Waals surface area contributed by atoms with Crippen molar-refractivity contribution in [1.82, 2.24) is 4.98 Å². The van der Waals surface area contributed by atoms with Crippen LogP contribution in [-0.2, 0) is 0 Å². The summed E-state index contributed by atoms with van der Waals surface area (Å²) in [5, 5.41) is 12.8. The SMILES string of the molecule is COc1ccc(C(=O)Nc2c(Cl)cncc2Cl)cc1O[C@H]1CC[C@@H](O)CC1. The molecule has 1 heterocycles. The van der Waals surface area contributed by atoms with Crippen LogP contribution in [0.25, 0.3) is 0 Å². The van der Waals surface area contributed by atoms with Gasteiger partial charge in [0, 0.05) is 18.0 Å². The summed E-state index contributed by atoms with van der Waals surface area (Å²) in [6, 6.07) is 4.94. The number of benzene rings is 1. The quantitative estimate of drug-likeness (QED) is 0.766. The van der Waals surface area contributed by atoms with E-state index in [-0.39, 0.29) is 28.2 Å². The van der Waals surface area contributed by atoms with Gasteiger partial charge in [0.1, 0.15) is 0 Å². The van der Waals surface area contributed by atoms with Gasteiger partial charge < -0.3 is 19.9 Å². The van der Waals surface area contributed by atoms with Crippen LogP contribution in [0.15, 0.2) is 30.6 Å². The number of anilines is 1. The van der Waals surface area contributed by atoms with Gasteiger partial charge in [-0.1, -0.05) is 23.2 Å². The van der Waals surface area contributed by atoms with Gasteiger partial charge in [0.15, 0.2) is 11.5 Å². The summed E-state index contributed by atoms with van der Waals surface area (Å²) in [6.07, 6.45) is 5.43. The molecule has 0 atom stereocenters. The molecular formula is C19H20Cl2N2O4. The third-order valence-electron chi connectivity index (χ3n) is 4.46. The summed E-state index contributed by atoms with van der Waals surface area (Å²) in [4.78, 5) is 16.5. The van der Waals surface area contributed by atoms with Gasteiger partial charge in [-0.05, 0) is 43.9 Å². The van der Waals surface area contributed by atoms with Gasteiger partial charge in [0.2, 0.25) is 0 Å². The largest absolute Gasteiger partial charge is 0.493 e.